The van der Waals surface area contributed by atoms with Gasteiger partial charge in [-0.25, -0.2) is 4.39 Å². The first-order valence-corrected chi connectivity index (χ1v) is 6.09. The van der Waals surface area contributed by atoms with Gasteiger partial charge in [0.05, 0.1) is 7.11 Å². The molecule has 0 radical (unpaired) electrons. The lowest BCUT2D eigenvalue weighted by Gasteiger charge is -2.18. The van der Waals surface area contributed by atoms with Gasteiger partial charge in [0.2, 0.25) is 0 Å². The second-order valence-electron chi connectivity index (χ2n) is 3.95. The van der Waals surface area contributed by atoms with Crippen LogP contribution in [0.25, 0.3) is 0 Å². The van der Waals surface area contributed by atoms with Crippen molar-refractivity contribution in [2.24, 2.45) is 0 Å². The zero-order chi connectivity index (χ0) is 12.1. The molecule has 0 amide bonds. The number of halogens is 2. The topological polar surface area (TPSA) is 12.5 Å². The molecule has 1 aromatic rings. The normalized spacial score (nSPS) is 12.9. The van der Waals surface area contributed by atoms with Crippen LogP contribution >= 0.6 is 15.9 Å². The highest BCUT2D eigenvalue weighted by atomic mass is 79.9. The Balaban J connectivity index is 2.64. The van der Waals surface area contributed by atoms with Crippen LogP contribution in [0.15, 0.2) is 18.2 Å². The van der Waals surface area contributed by atoms with E-state index < -0.39 is 0 Å². The Bertz CT molecular complexity index is 344. The van der Waals surface area contributed by atoms with Gasteiger partial charge in [-0.1, -0.05) is 28.9 Å². The standard InChI is InChI=1S/C12H17BrFNO/c1-9(13)7-15(2)8-10-4-5-12(16-3)11(14)6-10/h4-6,9H,7-8H2,1-3H3. The maximum atomic E-state index is 13.4. The van der Waals surface area contributed by atoms with Gasteiger partial charge in [0.25, 0.3) is 0 Å². The molecule has 0 heterocycles. The highest BCUT2D eigenvalue weighted by Gasteiger charge is 2.07. The summed E-state index contributed by atoms with van der Waals surface area (Å²) >= 11 is 3.49. The summed E-state index contributed by atoms with van der Waals surface area (Å²) in [6, 6.07) is 5.07. The molecule has 90 valence electrons. The van der Waals surface area contributed by atoms with E-state index in [4.69, 9.17) is 4.74 Å². The van der Waals surface area contributed by atoms with Gasteiger partial charge < -0.3 is 9.64 Å². The Hall–Kier alpha value is -0.610. The van der Waals surface area contributed by atoms with Crippen LogP contribution in [0.2, 0.25) is 0 Å². The predicted molar refractivity (Wildman–Crippen MR) is 67.7 cm³/mol. The van der Waals surface area contributed by atoms with Gasteiger partial charge in [0.1, 0.15) is 0 Å². The number of rotatable bonds is 5. The van der Waals surface area contributed by atoms with Gasteiger partial charge in [0, 0.05) is 17.9 Å². The van der Waals surface area contributed by atoms with Crippen molar-refractivity contribution < 1.29 is 9.13 Å². The van der Waals surface area contributed by atoms with E-state index in [1.165, 1.54) is 13.2 Å². The zero-order valence-electron chi connectivity index (χ0n) is 9.84. The highest BCUT2D eigenvalue weighted by molar-refractivity contribution is 9.09. The third-order valence-electron chi connectivity index (χ3n) is 2.23. The van der Waals surface area contributed by atoms with Crippen LogP contribution in [-0.2, 0) is 6.54 Å². The average molecular weight is 290 g/mol. The Labute approximate surface area is 105 Å². The van der Waals surface area contributed by atoms with Crippen LogP contribution in [0.1, 0.15) is 12.5 Å². The van der Waals surface area contributed by atoms with Crippen molar-refractivity contribution >= 4 is 15.9 Å². The largest absolute Gasteiger partial charge is 0.494 e. The zero-order valence-corrected chi connectivity index (χ0v) is 11.4. The summed E-state index contributed by atoms with van der Waals surface area (Å²) in [6.07, 6.45) is 0. The van der Waals surface area contributed by atoms with Crippen molar-refractivity contribution in [3.63, 3.8) is 0 Å². The Morgan fingerprint density at radius 1 is 1.50 bits per heavy atom. The molecule has 1 unspecified atom stereocenters. The first kappa shape index (κ1) is 13.5. The van der Waals surface area contributed by atoms with E-state index in [0.29, 0.717) is 10.6 Å². The number of hydrogen-bond acceptors (Lipinski definition) is 2. The van der Waals surface area contributed by atoms with E-state index in [-0.39, 0.29) is 5.82 Å². The van der Waals surface area contributed by atoms with Crippen LogP contribution in [0.5, 0.6) is 5.75 Å². The summed E-state index contributed by atoms with van der Waals surface area (Å²) in [5, 5.41) is 0. The third kappa shape index (κ3) is 4.10. The molecule has 2 nitrogen and oxygen atoms in total. The van der Waals surface area contributed by atoms with Crippen molar-refractivity contribution in [2.75, 3.05) is 20.7 Å². The van der Waals surface area contributed by atoms with Crippen molar-refractivity contribution in [3.8, 4) is 5.75 Å². The Morgan fingerprint density at radius 2 is 2.19 bits per heavy atom. The number of ether oxygens (including phenoxy) is 1. The number of hydrogen-bond donors (Lipinski definition) is 0. The summed E-state index contributed by atoms with van der Waals surface area (Å²) in [6.45, 7) is 3.75. The fourth-order valence-electron chi connectivity index (χ4n) is 1.61. The molecule has 4 heteroatoms. The van der Waals surface area contributed by atoms with Crippen LogP contribution in [0.3, 0.4) is 0 Å². The van der Waals surface area contributed by atoms with Crippen molar-refractivity contribution in [3.05, 3.63) is 29.6 Å². The lowest BCUT2D eigenvalue weighted by atomic mass is 10.2. The molecule has 0 bridgehead atoms. The number of nitrogens with zero attached hydrogens (tertiary/aromatic N) is 1. The van der Waals surface area contributed by atoms with Gasteiger partial charge in [-0.2, -0.15) is 0 Å². The predicted octanol–water partition coefficient (Wildman–Crippen LogP) is 3.05. The molecule has 16 heavy (non-hydrogen) atoms. The first-order chi connectivity index (χ1) is 7.52. The molecule has 0 aliphatic heterocycles. The molecule has 0 N–H and O–H groups in total. The minimum Gasteiger partial charge on any atom is -0.494 e. The summed E-state index contributed by atoms with van der Waals surface area (Å²) in [5.41, 5.74) is 0.953. The minimum atomic E-state index is -0.305. The second kappa shape index (κ2) is 6.21. The van der Waals surface area contributed by atoms with E-state index in [2.05, 4.69) is 27.8 Å². The maximum absolute atomic E-state index is 13.4. The van der Waals surface area contributed by atoms with Crippen molar-refractivity contribution in [2.45, 2.75) is 18.3 Å². The molecule has 0 fully saturated rings. The van der Waals surface area contributed by atoms with E-state index in [1.54, 1.807) is 6.07 Å². The number of methoxy groups -OCH3 is 1. The maximum Gasteiger partial charge on any atom is 0.165 e. The summed E-state index contributed by atoms with van der Waals surface area (Å²) < 4.78 is 18.3. The summed E-state index contributed by atoms with van der Waals surface area (Å²) in [4.78, 5) is 2.57. The molecule has 0 aromatic heterocycles. The van der Waals surface area contributed by atoms with Crippen LogP contribution in [0, 0.1) is 5.82 Å². The molecule has 1 aromatic carbocycles. The van der Waals surface area contributed by atoms with Gasteiger partial charge in [-0.05, 0) is 24.7 Å². The quantitative estimate of drug-likeness (QED) is 0.773. The SMILES string of the molecule is COc1ccc(CN(C)CC(C)Br)cc1F. The molecule has 0 spiro atoms. The van der Waals surface area contributed by atoms with Crippen molar-refractivity contribution in [1.82, 2.24) is 4.90 Å². The molecule has 1 atom stereocenters. The average Bonchev–Trinajstić information content (AvgIpc) is 2.16. The summed E-state index contributed by atoms with van der Waals surface area (Å²) in [7, 11) is 3.48. The van der Waals surface area contributed by atoms with E-state index in [0.717, 1.165) is 18.7 Å². The fraction of sp³-hybridized carbons (Fsp3) is 0.500. The van der Waals surface area contributed by atoms with E-state index in [9.17, 15) is 4.39 Å². The molecule has 0 aliphatic rings. The monoisotopic (exact) mass is 289 g/mol. The molecular weight excluding hydrogens is 273 g/mol. The van der Waals surface area contributed by atoms with E-state index in [1.807, 2.05) is 13.1 Å². The number of benzene rings is 1. The van der Waals surface area contributed by atoms with Gasteiger partial charge in [-0.3, -0.25) is 0 Å². The molecular formula is C12H17BrFNO. The van der Waals surface area contributed by atoms with Gasteiger partial charge >= 0.3 is 0 Å². The second-order valence-corrected chi connectivity index (χ2v) is 5.51. The highest BCUT2D eigenvalue weighted by Crippen LogP contribution is 2.18. The first-order valence-electron chi connectivity index (χ1n) is 5.18. The fourth-order valence-corrected chi connectivity index (χ4v) is 2.11. The summed E-state index contributed by atoms with van der Waals surface area (Å²) in [5.74, 6) is -0.0134. The smallest absolute Gasteiger partial charge is 0.165 e. The Morgan fingerprint density at radius 3 is 2.69 bits per heavy atom. The lowest BCUT2D eigenvalue weighted by molar-refractivity contribution is 0.331. The van der Waals surface area contributed by atoms with Gasteiger partial charge in [0.15, 0.2) is 11.6 Å². The third-order valence-corrected chi connectivity index (χ3v) is 2.52. The molecule has 0 saturated carbocycles. The van der Waals surface area contributed by atoms with Gasteiger partial charge in [-0.15, -0.1) is 0 Å². The van der Waals surface area contributed by atoms with E-state index >= 15 is 0 Å². The Kier molecular flexibility index (Phi) is 5.22. The van der Waals surface area contributed by atoms with Crippen LogP contribution in [-0.4, -0.2) is 30.4 Å². The van der Waals surface area contributed by atoms with Crippen LogP contribution in [0.4, 0.5) is 4.39 Å². The van der Waals surface area contributed by atoms with Crippen LogP contribution < -0.4 is 4.74 Å². The lowest BCUT2D eigenvalue weighted by Crippen LogP contribution is -2.24. The molecule has 1 rings (SSSR count). The molecule has 0 saturated heterocycles. The van der Waals surface area contributed by atoms with Crippen molar-refractivity contribution in [1.29, 1.82) is 0 Å². The molecule has 0 aliphatic carbocycles. The number of alkyl halides is 1. The minimum absolute atomic E-state index is 0.292.